The number of carbonyl (C=O) groups is 1. The van der Waals surface area contributed by atoms with Gasteiger partial charge in [0.15, 0.2) is 0 Å². The number of rotatable bonds is 7. The second-order valence-corrected chi connectivity index (χ2v) is 8.08. The molecular formula is C17H18ClFN2O4S. The highest BCUT2D eigenvalue weighted by atomic mass is 35.5. The number of methoxy groups -OCH3 is 1. The van der Waals surface area contributed by atoms with Gasteiger partial charge in [-0.2, -0.15) is 0 Å². The molecular weight excluding hydrogens is 383 g/mol. The molecule has 6 nitrogen and oxygen atoms in total. The molecule has 0 aromatic heterocycles. The van der Waals surface area contributed by atoms with Crippen LogP contribution < -0.4 is 10.0 Å². The lowest BCUT2D eigenvalue weighted by molar-refractivity contribution is 0.102. The smallest absolute Gasteiger partial charge is 0.255 e. The number of carbonyl (C=O) groups excluding carboxylic acids is 1. The molecule has 0 radical (unpaired) electrons. The van der Waals surface area contributed by atoms with Gasteiger partial charge in [-0.05, 0) is 43.3 Å². The van der Waals surface area contributed by atoms with Crippen molar-refractivity contribution in [2.45, 2.75) is 12.2 Å². The first-order valence-electron chi connectivity index (χ1n) is 7.60. The summed E-state index contributed by atoms with van der Waals surface area (Å²) in [6.07, 6.45) is 0. The average Bonchev–Trinajstić information content (AvgIpc) is 2.58. The van der Waals surface area contributed by atoms with Crippen LogP contribution in [0.4, 0.5) is 15.8 Å². The fourth-order valence-electron chi connectivity index (χ4n) is 2.09. The third kappa shape index (κ3) is 5.17. The van der Waals surface area contributed by atoms with E-state index in [0.717, 1.165) is 6.07 Å². The largest absolute Gasteiger partial charge is 0.383 e. The molecule has 140 valence electrons. The minimum Gasteiger partial charge on any atom is -0.383 e. The summed E-state index contributed by atoms with van der Waals surface area (Å²) in [7, 11) is -2.24. The summed E-state index contributed by atoms with van der Waals surface area (Å²) in [5, 5.41) is 1.70. The lowest BCUT2D eigenvalue weighted by atomic mass is 10.2. The Morgan fingerprint density at radius 3 is 2.62 bits per heavy atom. The molecule has 0 aliphatic rings. The van der Waals surface area contributed by atoms with Gasteiger partial charge in [0.05, 0.1) is 11.6 Å². The van der Waals surface area contributed by atoms with Crippen LogP contribution in [0.15, 0.2) is 42.5 Å². The van der Waals surface area contributed by atoms with Crippen molar-refractivity contribution in [2.75, 3.05) is 23.8 Å². The maximum Gasteiger partial charge on any atom is 0.255 e. The van der Waals surface area contributed by atoms with Gasteiger partial charge in [0.2, 0.25) is 10.0 Å². The van der Waals surface area contributed by atoms with E-state index in [1.807, 2.05) is 0 Å². The van der Waals surface area contributed by atoms with Crippen molar-refractivity contribution in [2.24, 2.45) is 0 Å². The van der Waals surface area contributed by atoms with Crippen LogP contribution in [0.3, 0.4) is 0 Å². The van der Waals surface area contributed by atoms with Crippen LogP contribution in [0.5, 0.6) is 0 Å². The maximum absolute atomic E-state index is 13.2. The molecule has 2 aromatic carbocycles. The van der Waals surface area contributed by atoms with Crippen LogP contribution in [-0.4, -0.2) is 33.3 Å². The number of ether oxygens (including phenoxy) is 1. The molecule has 0 spiro atoms. The highest BCUT2D eigenvalue weighted by molar-refractivity contribution is 7.93. The molecule has 0 fully saturated rings. The SMILES string of the molecule is COCC(C)S(=O)(=O)Nc1cccc(C(=O)Nc2ccc(F)c(Cl)c2)c1. The molecule has 0 heterocycles. The van der Waals surface area contributed by atoms with Crippen molar-refractivity contribution in [3.05, 3.63) is 58.9 Å². The Labute approximate surface area is 156 Å². The number of nitrogens with one attached hydrogen (secondary N) is 2. The van der Waals surface area contributed by atoms with Crippen molar-refractivity contribution in [1.82, 2.24) is 0 Å². The van der Waals surface area contributed by atoms with Crippen molar-refractivity contribution in [3.8, 4) is 0 Å². The molecule has 0 aliphatic carbocycles. The highest BCUT2D eigenvalue weighted by Gasteiger charge is 2.21. The number of amides is 1. The molecule has 2 aromatic rings. The van der Waals surface area contributed by atoms with E-state index in [-0.39, 0.29) is 22.9 Å². The van der Waals surface area contributed by atoms with Crippen molar-refractivity contribution in [3.63, 3.8) is 0 Å². The molecule has 0 bridgehead atoms. The third-order valence-electron chi connectivity index (χ3n) is 3.49. The van der Waals surface area contributed by atoms with Crippen LogP contribution >= 0.6 is 11.6 Å². The molecule has 0 saturated heterocycles. The summed E-state index contributed by atoms with van der Waals surface area (Å²) in [5.74, 6) is -1.08. The van der Waals surface area contributed by atoms with Crippen LogP contribution in [-0.2, 0) is 14.8 Å². The van der Waals surface area contributed by atoms with Gasteiger partial charge in [-0.1, -0.05) is 17.7 Å². The summed E-state index contributed by atoms with van der Waals surface area (Å²) in [6.45, 7) is 1.56. The molecule has 9 heteroatoms. The number of anilines is 2. The Bertz CT molecular complexity index is 905. The molecule has 1 amide bonds. The normalized spacial score (nSPS) is 12.5. The van der Waals surface area contributed by atoms with E-state index in [4.69, 9.17) is 16.3 Å². The summed E-state index contributed by atoms with van der Waals surface area (Å²) in [5.41, 5.74) is 0.795. The molecule has 2 N–H and O–H groups in total. The van der Waals surface area contributed by atoms with E-state index in [2.05, 4.69) is 10.0 Å². The van der Waals surface area contributed by atoms with Gasteiger partial charge < -0.3 is 10.1 Å². The predicted molar refractivity (Wildman–Crippen MR) is 99.7 cm³/mol. The Morgan fingerprint density at radius 2 is 1.96 bits per heavy atom. The first-order valence-corrected chi connectivity index (χ1v) is 9.52. The fourth-order valence-corrected chi connectivity index (χ4v) is 3.24. The maximum atomic E-state index is 13.2. The molecule has 2 rings (SSSR count). The minimum absolute atomic E-state index is 0.0425. The predicted octanol–water partition coefficient (Wildman–Crippen LogP) is 3.51. The molecule has 0 aliphatic heterocycles. The van der Waals surface area contributed by atoms with Crippen molar-refractivity contribution < 1.29 is 22.3 Å². The Hall–Kier alpha value is -2.16. The third-order valence-corrected chi connectivity index (χ3v) is 5.50. The first kappa shape index (κ1) is 20.2. The lowest BCUT2D eigenvalue weighted by Gasteiger charge is -2.14. The van der Waals surface area contributed by atoms with Crippen LogP contribution in [0.2, 0.25) is 5.02 Å². The van der Waals surface area contributed by atoms with Gasteiger partial charge in [0.1, 0.15) is 11.1 Å². The monoisotopic (exact) mass is 400 g/mol. The standard InChI is InChI=1S/C17H18ClFN2O4S/c1-11(10-25-2)26(23,24)21-14-5-3-4-12(8-14)17(22)20-13-6-7-16(19)15(18)9-13/h3-9,11,21H,10H2,1-2H3,(H,20,22). The van der Waals surface area contributed by atoms with Gasteiger partial charge >= 0.3 is 0 Å². The topological polar surface area (TPSA) is 84.5 Å². The van der Waals surface area contributed by atoms with Crippen LogP contribution in [0, 0.1) is 5.82 Å². The number of benzene rings is 2. The van der Waals surface area contributed by atoms with E-state index < -0.39 is 27.0 Å². The van der Waals surface area contributed by atoms with Crippen LogP contribution in [0.25, 0.3) is 0 Å². The first-order chi connectivity index (χ1) is 12.2. The van der Waals surface area contributed by atoms with E-state index in [9.17, 15) is 17.6 Å². The van der Waals surface area contributed by atoms with Gasteiger partial charge in [-0.3, -0.25) is 9.52 Å². The van der Waals surface area contributed by atoms with E-state index in [0.29, 0.717) is 5.69 Å². The summed E-state index contributed by atoms with van der Waals surface area (Å²) in [4.78, 5) is 12.3. The number of sulfonamides is 1. The zero-order valence-corrected chi connectivity index (χ0v) is 15.7. The van der Waals surface area contributed by atoms with Gasteiger partial charge in [0.25, 0.3) is 5.91 Å². The van der Waals surface area contributed by atoms with Crippen molar-refractivity contribution >= 4 is 38.9 Å². The fraction of sp³-hybridized carbons (Fsp3) is 0.235. The quantitative estimate of drug-likeness (QED) is 0.744. The van der Waals surface area contributed by atoms with E-state index in [1.54, 1.807) is 6.07 Å². The van der Waals surface area contributed by atoms with Crippen molar-refractivity contribution in [1.29, 1.82) is 0 Å². The Kier molecular flexibility index (Phi) is 6.57. The van der Waals surface area contributed by atoms with Gasteiger partial charge in [0, 0.05) is 24.0 Å². The molecule has 26 heavy (non-hydrogen) atoms. The summed E-state index contributed by atoms with van der Waals surface area (Å²) in [6, 6.07) is 9.80. The Morgan fingerprint density at radius 1 is 1.23 bits per heavy atom. The minimum atomic E-state index is -3.65. The second-order valence-electron chi connectivity index (χ2n) is 5.58. The number of hydrogen-bond acceptors (Lipinski definition) is 4. The lowest BCUT2D eigenvalue weighted by Crippen LogP contribution is -2.29. The zero-order chi connectivity index (χ0) is 19.3. The average molecular weight is 401 g/mol. The van der Waals surface area contributed by atoms with E-state index >= 15 is 0 Å². The number of hydrogen-bond donors (Lipinski definition) is 2. The summed E-state index contributed by atoms with van der Waals surface area (Å²) < 4.78 is 44.8. The summed E-state index contributed by atoms with van der Waals surface area (Å²) >= 11 is 5.68. The van der Waals surface area contributed by atoms with Crippen LogP contribution in [0.1, 0.15) is 17.3 Å². The molecule has 1 unspecified atom stereocenters. The van der Waals surface area contributed by atoms with Gasteiger partial charge in [-0.25, -0.2) is 12.8 Å². The second kappa shape index (κ2) is 8.48. The van der Waals surface area contributed by atoms with E-state index in [1.165, 1.54) is 44.4 Å². The van der Waals surface area contributed by atoms with Gasteiger partial charge in [-0.15, -0.1) is 0 Å². The molecule has 0 saturated carbocycles. The highest BCUT2D eigenvalue weighted by Crippen LogP contribution is 2.21. The Balaban J connectivity index is 2.15. The molecule has 1 atom stereocenters. The zero-order valence-electron chi connectivity index (χ0n) is 14.1. The number of halogens is 2.